The topological polar surface area (TPSA) is 132 Å². The summed E-state index contributed by atoms with van der Waals surface area (Å²) in [6.45, 7) is 2.81. The maximum Gasteiger partial charge on any atom is 0.255 e. The lowest BCUT2D eigenvalue weighted by Crippen LogP contribution is -2.77. The third-order valence-corrected chi connectivity index (χ3v) is 5.59. The molecule has 3 rings (SSSR count). The number of aliphatic imine (C=N–C) groups is 1. The second-order valence-electron chi connectivity index (χ2n) is 7.89. The van der Waals surface area contributed by atoms with Gasteiger partial charge in [-0.05, 0) is 48.5 Å². The molecule has 0 saturated heterocycles. The molecule has 1 atom stereocenters. The summed E-state index contributed by atoms with van der Waals surface area (Å²) in [7, 11) is 3.68. The van der Waals surface area contributed by atoms with Gasteiger partial charge < -0.3 is 36.8 Å². The van der Waals surface area contributed by atoms with Crippen molar-refractivity contribution < 1.29 is 14.9 Å². The van der Waals surface area contributed by atoms with E-state index in [4.69, 9.17) is 5.73 Å². The van der Waals surface area contributed by atoms with Crippen molar-refractivity contribution in [3.8, 4) is 0 Å². The molecule has 34 heavy (non-hydrogen) atoms. The number of rotatable bonds is 11. The van der Waals surface area contributed by atoms with E-state index in [-0.39, 0.29) is 17.6 Å². The van der Waals surface area contributed by atoms with Crippen molar-refractivity contribution in [3.63, 3.8) is 0 Å². The van der Waals surface area contributed by atoms with Crippen LogP contribution in [-0.4, -0.2) is 68.1 Å². The maximum absolute atomic E-state index is 12.7. The molecule has 2 heterocycles. The highest BCUT2D eigenvalue weighted by atomic mass is 16.2. The first-order chi connectivity index (χ1) is 16.5. The molecule has 1 aromatic carbocycles. The standard InChI is InChI=1S/C24H32N8O2/c1-26-23-15-28-14-22(31(23)2)19(13-25)12-21(16-33)30-24(34)18-4-6-20(7-5-18)29-8-3-10-32-11-9-27-17-32/h4-7,9,11-16,22,26-27,29H,3,8,10,17,25H2,1-2H3,(H,30,34)/p+1/b19-13+,21-12+. The van der Waals surface area contributed by atoms with Gasteiger partial charge >= 0.3 is 0 Å². The minimum atomic E-state index is -0.375. The van der Waals surface area contributed by atoms with Gasteiger partial charge in [0.25, 0.3) is 5.91 Å². The molecule has 1 unspecified atom stereocenters. The Bertz CT molecular complexity index is 1010. The average Bonchev–Trinajstić information content (AvgIpc) is 3.38. The van der Waals surface area contributed by atoms with Gasteiger partial charge in [-0.2, -0.15) is 0 Å². The quantitative estimate of drug-likeness (QED) is 0.133. The smallest absolute Gasteiger partial charge is 0.255 e. The first-order valence-corrected chi connectivity index (χ1v) is 11.2. The third-order valence-electron chi connectivity index (χ3n) is 5.59. The van der Waals surface area contributed by atoms with Gasteiger partial charge in [0.1, 0.15) is 12.0 Å². The third kappa shape index (κ3) is 6.48. The number of nitrogens with one attached hydrogen (secondary N) is 3. The zero-order valence-corrected chi connectivity index (χ0v) is 19.6. The van der Waals surface area contributed by atoms with Crippen LogP contribution in [0.15, 0.2) is 77.2 Å². The number of carbonyl (C=O) groups is 2. The Balaban J connectivity index is 1.55. The van der Waals surface area contributed by atoms with Gasteiger partial charge in [-0.15, -0.1) is 0 Å². The second kappa shape index (κ2) is 12.3. The van der Waals surface area contributed by atoms with Gasteiger partial charge in [-0.25, -0.2) is 0 Å². The van der Waals surface area contributed by atoms with Crippen LogP contribution in [0.5, 0.6) is 0 Å². The summed E-state index contributed by atoms with van der Waals surface area (Å²) in [5.41, 5.74) is 7.94. The number of allylic oxidation sites excluding steroid dienone is 1. The lowest BCUT2D eigenvalue weighted by molar-refractivity contribution is -0.592. The van der Waals surface area contributed by atoms with Crippen LogP contribution >= 0.6 is 0 Å². The largest absolute Gasteiger partial charge is 0.404 e. The molecule has 180 valence electrons. The Hall–Kier alpha value is -4.05. The SMILES string of the molecule is CNC1=CN=CC(C(/C=C(\C=O)NC(=O)c2ccc(NCCCN3C=C[NH2+]C3)cc2)=C/N)N1C. The van der Waals surface area contributed by atoms with E-state index in [9.17, 15) is 9.59 Å². The van der Waals surface area contributed by atoms with E-state index in [0.717, 1.165) is 37.7 Å². The van der Waals surface area contributed by atoms with Crippen LogP contribution in [0, 0.1) is 0 Å². The number of hydrogen-bond donors (Lipinski definition) is 5. The molecule has 0 bridgehead atoms. The van der Waals surface area contributed by atoms with Crippen molar-refractivity contribution in [2.45, 2.75) is 12.5 Å². The van der Waals surface area contributed by atoms with Crippen LogP contribution in [0.4, 0.5) is 5.69 Å². The molecule has 0 aliphatic carbocycles. The number of nitrogens with zero attached hydrogens (tertiary/aromatic N) is 3. The van der Waals surface area contributed by atoms with Gasteiger partial charge in [-0.1, -0.05) is 0 Å². The molecule has 0 saturated carbocycles. The number of benzene rings is 1. The minimum Gasteiger partial charge on any atom is -0.404 e. The zero-order valence-electron chi connectivity index (χ0n) is 19.6. The molecule has 0 aromatic heterocycles. The maximum atomic E-state index is 12.7. The number of hydrogen-bond acceptors (Lipinski definition) is 8. The van der Waals surface area contributed by atoms with Gasteiger partial charge in [-0.3, -0.25) is 14.6 Å². The van der Waals surface area contributed by atoms with Crippen LogP contribution in [0.25, 0.3) is 0 Å². The number of nitrogens with two attached hydrogens (primary N) is 2. The predicted molar refractivity (Wildman–Crippen MR) is 133 cm³/mol. The fourth-order valence-electron chi connectivity index (χ4n) is 3.66. The van der Waals surface area contributed by atoms with Crippen molar-refractivity contribution in [2.24, 2.45) is 10.7 Å². The van der Waals surface area contributed by atoms with E-state index in [0.29, 0.717) is 17.4 Å². The number of amides is 1. The van der Waals surface area contributed by atoms with Crippen LogP contribution in [0.1, 0.15) is 16.8 Å². The summed E-state index contributed by atoms with van der Waals surface area (Å²) in [6, 6.07) is 6.88. The molecule has 1 amide bonds. The Kier molecular flexibility index (Phi) is 8.87. The first-order valence-electron chi connectivity index (χ1n) is 11.2. The zero-order chi connectivity index (χ0) is 24.3. The molecule has 0 fully saturated rings. The number of quaternary nitrogens is 1. The Labute approximate surface area is 200 Å². The van der Waals surface area contributed by atoms with Crippen molar-refractivity contribution in [1.29, 1.82) is 0 Å². The highest BCUT2D eigenvalue weighted by Gasteiger charge is 2.21. The van der Waals surface area contributed by atoms with Crippen molar-refractivity contribution in [1.82, 2.24) is 20.4 Å². The van der Waals surface area contributed by atoms with E-state index in [1.54, 1.807) is 37.7 Å². The number of likely N-dealkylation sites (N-methyl/N-ethyl adjacent to an activating group) is 1. The molecule has 10 heteroatoms. The first kappa shape index (κ1) is 24.6. The summed E-state index contributed by atoms with van der Waals surface area (Å²) < 4.78 is 0. The fourth-order valence-corrected chi connectivity index (χ4v) is 3.66. The number of carbonyl (C=O) groups excluding carboxylic acids is 2. The molecule has 10 nitrogen and oxygen atoms in total. The molecular weight excluding hydrogens is 432 g/mol. The molecule has 2 aliphatic rings. The number of anilines is 1. The van der Waals surface area contributed by atoms with Crippen LogP contribution < -0.4 is 27.0 Å². The Morgan fingerprint density at radius 3 is 2.76 bits per heavy atom. The molecular formula is C24H33N8O2+. The Morgan fingerprint density at radius 2 is 2.12 bits per heavy atom. The molecule has 7 N–H and O–H groups in total. The average molecular weight is 466 g/mol. The summed E-state index contributed by atoms with van der Waals surface area (Å²) in [6.07, 6.45) is 12.1. The van der Waals surface area contributed by atoms with Crippen LogP contribution in [0.2, 0.25) is 0 Å². The highest BCUT2D eigenvalue weighted by molar-refractivity contribution is 5.98. The van der Waals surface area contributed by atoms with E-state index < -0.39 is 0 Å². The normalized spacial score (nSPS) is 18.1. The van der Waals surface area contributed by atoms with Crippen molar-refractivity contribution >= 4 is 24.1 Å². The second-order valence-corrected chi connectivity index (χ2v) is 7.89. The molecule has 0 radical (unpaired) electrons. The highest BCUT2D eigenvalue weighted by Crippen LogP contribution is 2.17. The summed E-state index contributed by atoms with van der Waals surface area (Å²) >= 11 is 0. The van der Waals surface area contributed by atoms with E-state index in [1.165, 1.54) is 6.20 Å². The van der Waals surface area contributed by atoms with Crippen molar-refractivity contribution in [2.75, 3.05) is 39.2 Å². The number of aldehydes is 1. The fraction of sp³-hybridized carbons (Fsp3) is 0.292. The van der Waals surface area contributed by atoms with E-state index >= 15 is 0 Å². The lowest BCUT2D eigenvalue weighted by atomic mass is 10.1. The van der Waals surface area contributed by atoms with Gasteiger partial charge in [0, 0.05) is 44.7 Å². The Morgan fingerprint density at radius 1 is 1.32 bits per heavy atom. The van der Waals surface area contributed by atoms with Crippen LogP contribution in [-0.2, 0) is 4.79 Å². The summed E-state index contributed by atoms with van der Waals surface area (Å²) in [5.74, 6) is 0.428. The van der Waals surface area contributed by atoms with E-state index in [2.05, 4.69) is 43.6 Å². The van der Waals surface area contributed by atoms with Gasteiger partial charge in [0.15, 0.2) is 13.0 Å². The predicted octanol–water partition coefficient (Wildman–Crippen LogP) is -0.145. The minimum absolute atomic E-state index is 0.111. The summed E-state index contributed by atoms with van der Waals surface area (Å²) in [5, 5.41) is 11.2. The molecule has 1 aromatic rings. The van der Waals surface area contributed by atoms with Gasteiger partial charge in [0.05, 0.1) is 24.1 Å². The van der Waals surface area contributed by atoms with Crippen LogP contribution in [0.3, 0.4) is 0 Å². The monoisotopic (exact) mass is 465 g/mol. The molecule has 2 aliphatic heterocycles. The molecule has 0 spiro atoms. The van der Waals surface area contributed by atoms with Gasteiger partial charge in [0.2, 0.25) is 0 Å². The van der Waals surface area contributed by atoms with Crippen molar-refractivity contribution in [3.05, 3.63) is 77.8 Å². The van der Waals surface area contributed by atoms with E-state index in [1.807, 2.05) is 24.1 Å². The summed E-state index contributed by atoms with van der Waals surface area (Å²) in [4.78, 5) is 32.8. The lowest BCUT2D eigenvalue weighted by Gasteiger charge is -2.31.